The summed E-state index contributed by atoms with van der Waals surface area (Å²) >= 11 is 5.91. The van der Waals surface area contributed by atoms with Crippen LogP contribution in [0, 0.1) is 0 Å². The van der Waals surface area contributed by atoms with Crippen molar-refractivity contribution in [2.45, 2.75) is 6.42 Å². The first kappa shape index (κ1) is 13.5. The van der Waals surface area contributed by atoms with Crippen molar-refractivity contribution in [2.24, 2.45) is 0 Å². The quantitative estimate of drug-likeness (QED) is 0.931. The Morgan fingerprint density at radius 3 is 2.00 bits per heavy atom. The fraction of sp³-hybridized carbons (Fsp3) is 0.294. The molecule has 2 aromatic carbocycles. The van der Waals surface area contributed by atoms with Gasteiger partial charge in [0.15, 0.2) is 0 Å². The van der Waals surface area contributed by atoms with E-state index in [4.69, 9.17) is 11.6 Å². The van der Waals surface area contributed by atoms with Crippen molar-refractivity contribution in [1.29, 1.82) is 0 Å². The summed E-state index contributed by atoms with van der Waals surface area (Å²) in [7, 11) is 0. The smallest absolute Gasteiger partial charge is 0.0406 e. The van der Waals surface area contributed by atoms with Crippen LogP contribution in [0.3, 0.4) is 0 Å². The first-order valence-corrected chi connectivity index (χ1v) is 7.48. The van der Waals surface area contributed by atoms with Crippen molar-refractivity contribution >= 4 is 17.3 Å². The zero-order valence-electron chi connectivity index (χ0n) is 11.5. The molecule has 0 amide bonds. The minimum absolute atomic E-state index is 0.794. The Hall–Kier alpha value is -1.51. The third-order valence-electron chi connectivity index (χ3n) is 3.74. The molecule has 104 valence electrons. The summed E-state index contributed by atoms with van der Waals surface area (Å²) < 4.78 is 0. The van der Waals surface area contributed by atoms with Crippen molar-refractivity contribution in [3.63, 3.8) is 0 Å². The van der Waals surface area contributed by atoms with Gasteiger partial charge in [-0.3, -0.25) is 0 Å². The molecule has 1 aliphatic heterocycles. The van der Waals surface area contributed by atoms with Gasteiger partial charge in [0.2, 0.25) is 0 Å². The number of halogens is 1. The summed E-state index contributed by atoms with van der Waals surface area (Å²) in [5.74, 6) is 0. The molecule has 0 aromatic heterocycles. The monoisotopic (exact) mass is 286 g/mol. The summed E-state index contributed by atoms with van der Waals surface area (Å²) in [5.41, 5.74) is 3.96. The lowest BCUT2D eigenvalue weighted by molar-refractivity contribution is 0.589. The predicted octanol–water partition coefficient (Wildman–Crippen LogP) is 3.34. The molecule has 1 N–H and O–H groups in total. The fourth-order valence-corrected chi connectivity index (χ4v) is 2.71. The Labute approximate surface area is 125 Å². The standard InChI is InChI=1S/C17H19ClN2/c18-16-5-1-14(2-6-16)13-15-3-7-17(8-4-15)20-11-9-19-10-12-20/h1-8,19H,9-13H2. The van der Waals surface area contributed by atoms with Gasteiger partial charge in [-0.25, -0.2) is 0 Å². The summed E-state index contributed by atoms with van der Waals surface area (Å²) in [6, 6.07) is 17.0. The molecular weight excluding hydrogens is 268 g/mol. The van der Waals surface area contributed by atoms with E-state index in [9.17, 15) is 0 Å². The number of rotatable bonds is 3. The van der Waals surface area contributed by atoms with Gasteiger partial charge in [-0.2, -0.15) is 0 Å². The van der Waals surface area contributed by atoms with Crippen LogP contribution in [0.15, 0.2) is 48.5 Å². The Morgan fingerprint density at radius 1 is 0.850 bits per heavy atom. The molecular formula is C17H19ClN2. The summed E-state index contributed by atoms with van der Waals surface area (Å²) in [4.78, 5) is 2.43. The van der Waals surface area contributed by atoms with Gasteiger partial charge >= 0.3 is 0 Å². The second-order valence-electron chi connectivity index (χ2n) is 5.21. The van der Waals surface area contributed by atoms with Crippen LogP contribution in [0.4, 0.5) is 5.69 Å². The van der Waals surface area contributed by atoms with Gasteiger partial charge in [-0.15, -0.1) is 0 Å². The molecule has 1 heterocycles. The molecule has 20 heavy (non-hydrogen) atoms. The summed E-state index contributed by atoms with van der Waals surface area (Å²) in [6.07, 6.45) is 0.957. The normalized spacial score (nSPS) is 15.3. The predicted molar refractivity (Wildman–Crippen MR) is 85.8 cm³/mol. The van der Waals surface area contributed by atoms with E-state index in [0.29, 0.717) is 0 Å². The zero-order valence-corrected chi connectivity index (χ0v) is 12.2. The Kier molecular flexibility index (Phi) is 4.24. The van der Waals surface area contributed by atoms with E-state index in [1.807, 2.05) is 12.1 Å². The molecule has 3 rings (SSSR count). The molecule has 0 radical (unpaired) electrons. The van der Waals surface area contributed by atoms with Gasteiger partial charge < -0.3 is 10.2 Å². The fourth-order valence-electron chi connectivity index (χ4n) is 2.59. The molecule has 1 aliphatic rings. The average Bonchev–Trinajstić information content (AvgIpc) is 2.51. The Bertz CT molecular complexity index is 542. The Balaban J connectivity index is 1.67. The van der Waals surface area contributed by atoms with Gasteiger partial charge in [0.05, 0.1) is 0 Å². The minimum atomic E-state index is 0.794. The summed E-state index contributed by atoms with van der Waals surface area (Å²) in [6.45, 7) is 4.34. The first-order valence-electron chi connectivity index (χ1n) is 7.10. The van der Waals surface area contributed by atoms with Crippen molar-refractivity contribution in [2.75, 3.05) is 31.1 Å². The van der Waals surface area contributed by atoms with Crippen LogP contribution in [-0.2, 0) is 6.42 Å². The van der Waals surface area contributed by atoms with Gasteiger partial charge in [-0.1, -0.05) is 35.9 Å². The minimum Gasteiger partial charge on any atom is -0.369 e. The lowest BCUT2D eigenvalue weighted by Crippen LogP contribution is -2.43. The van der Waals surface area contributed by atoms with E-state index in [1.165, 1.54) is 16.8 Å². The maximum absolute atomic E-state index is 5.91. The Morgan fingerprint density at radius 2 is 1.40 bits per heavy atom. The molecule has 1 saturated heterocycles. The number of hydrogen-bond acceptors (Lipinski definition) is 2. The van der Waals surface area contributed by atoms with Crippen molar-refractivity contribution in [3.8, 4) is 0 Å². The van der Waals surface area contributed by atoms with E-state index >= 15 is 0 Å². The second-order valence-corrected chi connectivity index (χ2v) is 5.64. The number of benzene rings is 2. The summed E-state index contributed by atoms with van der Waals surface area (Å²) in [5, 5.41) is 4.17. The molecule has 0 atom stereocenters. The molecule has 2 nitrogen and oxygen atoms in total. The molecule has 0 bridgehead atoms. The zero-order chi connectivity index (χ0) is 13.8. The number of nitrogens with zero attached hydrogens (tertiary/aromatic N) is 1. The average molecular weight is 287 g/mol. The van der Waals surface area contributed by atoms with E-state index in [-0.39, 0.29) is 0 Å². The van der Waals surface area contributed by atoms with E-state index in [0.717, 1.165) is 37.6 Å². The SMILES string of the molecule is Clc1ccc(Cc2ccc(N3CCNCC3)cc2)cc1. The highest BCUT2D eigenvalue weighted by Gasteiger charge is 2.09. The number of nitrogens with one attached hydrogen (secondary N) is 1. The van der Waals surface area contributed by atoms with Crippen LogP contribution in [0.1, 0.15) is 11.1 Å². The van der Waals surface area contributed by atoms with E-state index in [1.54, 1.807) is 0 Å². The number of hydrogen-bond donors (Lipinski definition) is 1. The lowest BCUT2D eigenvalue weighted by atomic mass is 10.0. The molecule has 0 aliphatic carbocycles. The molecule has 3 heteroatoms. The highest BCUT2D eigenvalue weighted by molar-refractivity contribution is 6.30. The number of anilines is 1. The van der Waals surface area contributed by atoms with Gasteiger partial charge in [-0.05, 0) is 41.8 Å². The van der Waals surface area contributed by atoms with Crippen molar-refractivity contribution < 1.29 is 0 Å². The largest absolute Gasteiger partial charge is 0.369 e. The van der Waals surface area contributed by atoms with Crippen LogP contribution in [0.5, 0.6) is 0 Å². The van der Waals surface area contributed by atoms with E-state index < -0.39 is 0 Å². The maximum atomic E-state index is 5.91. The second kappa shape index (κ2) is 6.29. The third-order valence-corrected chi connectivity index (χ3v) is 3.99. The van der Waals surface area contributed by atoms with Gasteiger partial charge in [0, 0.05) is 36.9 Å². The van der Waals surface area contributed by atoms with Crippen molar-refractivity contribution in [1.82, 2.24) is 5.32 Å². The van der Waals surface area contributed by atoms with Gasteiger partial charge in [0.25, 0.3) is 0 Å². The molecule has 0 unspecified atom stereocenters. The third kappa shape index (κ3) is 3.33. The highest BCUT2D eigenvalue weighted by Crippen LogP contribution is 2.18. The van der Waals surface area contributed by atoms with Crippen molar-refractivity contribution in [3.05, 3.63) is 64.7 Å². The van der Waals surface area contributed by atoms with Crippen LogP contribution in [0.25, 0.3) is 0 Å². The first-order chi connectivity index (χ1) is 9.81. The molecule has 0 spiro atoms. The van der Waals surface area contributed by atoms with Crippen LogP contribution < -0.4 is 10.2 Å². The van der Waals surface area contributed by atoms with Crippen LogP contribution in [0.2, 0.25) is 5.02 Å². The van der Waals surface area contributed by atoms with Gasteiger partial charge in [0.1, 0.15) is 0 Å². The molecule has 0 saturated carbocycles. The maximum Gasteiger partial charge on any atom is 0.0406 e. The van der Waals surface area contributed by atoms with E-state index in [2.05, 4.69) is 46.6 Å². The molecule has 2 aromatic rings. The number of piperazine rings is 1. The van der Waals surface area contributed by atoms with Crippen LogP contribution in [-0.4, -0.2) is 26.2 Å². The molecule has 1 fully saturated rings. The topological polar surface area (TPSA) is 15.3 Å². The highest BCUT2D eigenvalue weighted by atomic mass is 35.5. The van der Waals surface area contributed by atoms with Crippen LogP contribution >= 0.6 is 11.6 Å². The lowest BCUT2D eigenvalue weighted by Gasteiger charge is -2.29.